The Balaban J connectivity index is 1.59. The van der Waals surface area contributed by atoms with Gasteiger partial charge in [0.25, 0.3) is 0 Å². The summed E-state index contributed by atoms with van der Waals surface area (Å²) in [6, 6.07) is 13.6. The normalized spacial score (nSPS) is 10.6. The number of benzene rings is 2. The molecule has 0 fully saturated rings. The first-order valence-electron chi connectivity index (χ1n) is 7.62. The van der Waals surface area contributed by atoms with Gasteiger partial charge in [0.05, 0.1) is 12.2 Å². The van der Waals surface area contributed by atoms with Crippen LogP contribution >= 0.6 is 11.8 Å². The first kappa shape index (κ1) is 17.1. The lowest BCUT2D eigenvalue weighted by atomic mass is 10.2. The van der Waals surface area contributed by atoms with Gasteiger partial charge in [-0.05, 0) is 35.7 Å². The highest BCUT2D eigenvalue weighted by Crippen LogP contribution is 2.24. The van der Waals surface area contributed by atoms with E-state index in [9.17, 15) is 9.18 Å². The zero-order valence-corrected chi connectivity index (χ0v) is 14.3. The minimum absolute atomic E-state index is 0.133. The first-order chi connectivity index (χ1) is 12.2. The number of hydrogen-bond donors (Lipinski definition) is 1. The third-order valence-corrected chi connectivity index (χ3v) is 4.25. The molecule has 0 aliphatic heterocycles. The van der Waals surface area contributed by atoms with Crippen molar-refractivity contribution in [1.29, 1.82) is 0 Å². The molecule has 0 saturated heterocycles. The van der Waals surface area contributed by atoms with Crippen molar-refractivity contribution in [2.45, 2.75) is 17.9 Å². The highest BCUT2D eigenvalue weighted by molar-refractivity contribution is 7.98. The molecule has 0 aliphatic carbocycles. The van der Waals surface area contributed by atoms with Gasteiger partial charge >= 0.3 is 0 Å². The lowest BCUT2D eigenvalue weighted by Crippen LogP contribution is -2.16. The number of aryl methyl sites for hydroxylation is 1. The van der Waals surface area contributed by atoms with E-state index in [-0.39, 0.29) is 24.7 Å². The van der Waals surface area contributed by atoms with Crippen LogP contribution in [0.25, 0.3) is 11.4 Å². The summed E-state index contributed by atoms with van der Waals surface area (Å²) in [6.45, 7) is 0.287. The number of carbonyl (C=O) groups excluding carboxylic acids is 1. The Labute approximate surface area is 148 Å². The number of tetrazole rings is 1. The lowest BCUT2D eigenvalue weighted by Gasteiger charge is -2.08. The second-order valence-electron chi connectivity index (χ2n) is 5.22. The van der Waals surface area contributed by atoms with Crippen LogP contribution < -0.4 is 5.32 Å². The SMILES string of the molecule is CSc1ccccc1NC(=O)CCn1nnc(-c2cccc(F)c2)n1. The molecular formula is C17H16FN5OS. The van der Waals surface area contributed by atoms with Crippen LogP contribution in [0.2, 0.25) is 0 Å². The fourth-order valence-electron chi connectivity index (χ4n) is 2.24. The van der Waals surface area contributed by atoms with Crippen LogP contribution in [0, 0.1) is 5.82 Å². The molecule has 128 valence electrons. The Morgan fingerprint density at radius 1 is 1.24 bits per heavy atom. The number of para-hydroxylation sites is 1. The van der Waals surface area contributed by atoms with Gasteiger partial charge in [-0.2, -0.15) is 4.80 Å². The first-order valence-corrected chi connectivity index (χ1v) is 8.85. The van der Waals surface area contributed by atoms with E-state index in [2.05, 4.69) is 20.7 Å². The molecule has 3 rings (SSSR count). The average Bonchev–Trinajstić information content (AvgIpc) is 3.09. The van der Waals surface area contributed by atoms with Gasteiger partial charge in [-0.3, -0.25) is 4.79 Å². The summed E-state index contributed by atoms with van der Waals surface area (Å²) in [4.78, 5) is 14.5. The van der Waals surface area contributed by atoms with Crippen molar-refractivity contribution in [2.24, 2.45) is 0 Å². The van der Waals surface area contributed by atoms with E-state index in [1.54, 1.807) is 23.9 Å². The van der Waals surface area contributed by atoms with Crippen LogP contribution in [0.15, 0.2) is 53.4 Å². The van der Waals surface area contributed by atoms with E-state index in [1.165, 1.54) is 16.9 Å². The van der Waals surface area contributed by atoms with Crippen molar-refractivity contribution in [3.8, 4) is 11.4 Å². The predicted molar refractivity (Wildman–Crippen MR) is 94.7 cm³/mol. The van der Waals surface area contributed by atoms with Crippen LogP contribution in [0.3, 0.4) is 0 Å². The highest BCUT2D eigenvalue weighted by Gasteiger charge is 2.10. The van der Waals surface area contributed by atoms with Crippen molar-refractivity contribution < 1.29 is 9.18 Å². The number of rotatable bonds is 6. The monoisotopic (exact) mass is 357 g/mol. The number of aromatic nitrogens is 4. The van der Waals surface area contributed by atoms with E-state index >= 15 is 0 Å². The van der Waals surface area contributed by atoms with Crippen molar-refractivity contribution in [3.05, 3.63) is 54.3 Å². The van der Waals surface area contributed by atoms with Crippen molar-refractivity contribution in [2.75, 3.05) is 11.6 Å². The summed E-state index contributed by atoms with van der Waals surface area (Å²) >= 11 is 1.57. The molecule has 0 aliphatic rings. The summed E-state index contributed by atoms with van der Waals surface area (Å²) < 4.78 is 13.2. The number of halogens is 1. The van der Waals surface area contributed by atoms with E-state index in [0.29, 0.717) is 11.4 Å². The number of hydrogen-bond acceptors (Lipinski definition) is 5. The predicted octanol–water partition coefficient (Wildman–Crippen LogP) is 3.23. The van der Waals surface area contributed by atoms with Gasteiger partial charge in [0, 0.05) is 16.9 Å². The maximum absolute atomic E-state index is 13.2. The van der Waals surface area contributed by atoms with Crippen LogP contribution in [-0.2, 0) is 11.3 Å². The molecule has 0 bridgehead atoms. The molecule has 1 N–H and O–H groups in total. The van der Waals surface area contributed by atoms with Crippen LogP contribution in [0.5, 0.6) is 0 Å². The zero-order valence-electron chi connectivity index (χ0n) is 13.5. The summed E-state index contributed by atoms with van der Waals surface area (Å²) in [5, 5.41) is 14.9. The summed E-state index contributed by atoms with van der Waals surface area (Å²) in [6.07, 6.45) is 2.17. The Kier molecular flexibility index (Phi) is 5.39. The molecule has 1 aromatic heterocycles. The van der Waals surface area contributed by atoms with Crippen molar-refractivity contribution in [3.63, 3.8) is 0 Å². The Bertz CT molecular complexity index is 883. The largest absolute Gasteiger partial charge is 0.325 e. The molecule has 0 radical (unpaired) electrons. The molecule has 2 aromatic carbocycles. The van der Waals surface area contributed by atoms with Gasteiger partial charge in [0.15, 0.2) is 0 Å². The fourth-order valence-corrected chi connectivity index (χ4v) is 2.80. The molecule has 0 atom stereocenters. The lowest BCUT2D eigenvalue weighted by molar-refractivity contribution is -0.116. The third-order valence-electron chi connectivity index (χ3n) is 3.46. The van der Waals surface area contributed by atoms with Gasteiger partial charge in [0.1, 0.15) is 5.82 Å². The van der Waals surface area contributed by atoms with Crippen molar-refractivity contribution >= 4 is 23.4 Å². The molecule has 25 heavy (non-hydrogen) atoms. The van der Waals surface area contributed by atoms with Gasteiger partial charge in [0.2, 0.25) is 11.7 Å². The molecule has 0 spiro atoms. The van der Waals surface area contributed by atoms with E-state index in [1.807, 2.05) is 30.5 Å². The van der Waals surface area contributed by atoms with E-state index in [4.69, 9.17) is 0 Å². The summed E-state index contributed by atoms with van der Waals surface area (Å²) in [5.74, 6) is -0.167. The zero-order chi connectivity index (χ0) is 17.6. The average molecular weight is 357 g/mol. The number of amides is 1. The van der Waals surface area contributed by atoms with Gasteiger partial charge in [-0.25, -0.2) is 4.39 Å². The molecule has 1 heterocycles. The topological polar surface area (TPSA) is 72.7 Å². The number of carbonyl (C=O) groups is 1. The van der Waals surface area contributed by atoms with Crippen LogP contribution in [0.1, 0.15) is 6.42 Å². The highest BCUT2D eigenvalue weighted by atomic mass is 32.2. The minimum atomic E-state index is -0.360. The Morgan fingerprint density at radius 2 is 2.08 bits per heavy atom. The van der Waals surface area contributed by atoms with Gasteiger partial charge < -0.3 is 5.32 Å². The van der Waals surface area contributed by atoms with Crippen LogP contribution in [-0.4, -0.2) is 32.4 Å². The van der Waals surface area contributed by atoms with Gasteiger partial charge in [-0.15, -0.1) is 22.0 Å². The fraction of sp³-hybridized carbons (Fsp3) is 0.176. The second kappa shape index (κ2) is 7.89. The smallest absolute Gasteiger partial charge is 0.226 e. The second-order valence-corrected chi connectivity index (χ2v) is 6.07. The Hall–Kier alpha value is -2.74. The number of anilines is 1. The standard InChI is InChI=1S/C17H16FN5OS/c1-25-15-8-3-2-7-14(15)19-16(24)9-10-23-21-17(20-22-23)12-5-4-6-13(18)11-12/h2-8,11H,9-10H2,1H3,(H,19,24). The molecule has 1 amide bonds. The van der Waals surface area contributed by atoms with Crippen molar-refractivity contribution in [1.82, 2.24) is 20.2 Å². The van der Waals surface area contributed by atoms with E-state index in [0.717, 1.165) is 10.6 Å². The summed E-state index contributed by atoms with van der Waals surface area (Å²) in [5.41, 5.74) is 1.33. The minimum Gasteiger partial charge on any atom is -0.325 e. The quantitative estimate of drug-likeness (QED) is 0.686. The molecule has 0 unspecified atom stereocenters. The Morgan fingerprint density at radius 3 is 2.88 bits per heavy atom. The molecule has 6 nitrogen and oxygen atoms in total. The summed E-state index contributed by atoms with van der Waals surface area (Å²) in [7, 11) is 0. The maximum Gasteiger partial charge on any atom is 0.226 e. The third kappa shape index (κ3) is 4.42. The number of nitrogens with zero attached hydrogens (tertiary/aromatic N) is 4. The van der Waals surface area contributed by atoms with E-state index < -0.39 is 0 Å². The maximum atomic E-state index is 13.2. The van der Waals surface area contributed by atoms with Gasteiger partial charge in [-0.1, -0.05) is 24.3 Å². The molecular weight excluding hydrogens is 341 g/mol. The number of nitrogens with one attached hydrogen (secondary N) is 1. The van der Waals surface area contributed by atoms with Crippen LogP contribution in [0.4, 0.5) is 10.1 Å². The molecule has 8 heteroatoms. The number of thioether (sulfide) groups is 1. The molecule has 3 aromatic rings. The molecule has 0 saturated carbocycles.